The number of hydrogen-bond donors (Lipinski definition) is 3. The van der Waals surface area contributed by atoms with E-state index in [2.05, 4.69) is 22.4 Å². The number of anilines is 1. The molecule has 6 nitrogen and oxygen atoms in total. The van der Waals surface area contributed by atoms with Gasteiger partial charge in [0, 0.05) is 5.41 Å². The van der Waals surface area contributed by atoms with Gasteiger partial charge < -0.3 is 16.9 Å². The third-order valence-electron chi connectivity index (χ3n) is 2.97. The highest BCUT2D eigenvalue weighted by atomic mass is 15.4. The maximum Gasteiger partial charge on any atom is 0.240 e. The highest BCUT2D eigenvalue weighted by Gasteiger charge is 2.33. The van der Waals surface area contributed by atoms with Crippen LogP contribution in [0.1, 0.15) is 25.6 Å². The zero-order valence-electron chi connectivity index (χ0n) is 8.32. The fourth-order valence-electron chi connectivity index (χ4n) is 1.92. The summed E-state index contributed by atoms with van der Waals surface area (Å²) >= 11 is 0. The summed E-state index contributed by atoms with van der Waals surface area (Å²) in [6.07, 6.45) is 2.03. The molecule has 0 spiro atoms. The van der Waals surface area contributed by atoms with Gasteiger partial charge in [0.1, 0.15) is 0 Å². The lowest BCUT2D eigenvalue weighted by Crippen LogP contribution is -2.40. The molecule has 6 heteroatoms. The number of rotatable bonds is 1. The van der Waals surface area contributed by atoms with Crippen LogP contribution < -0.4 is 16.9 Å². The summed E-state index contributed by atoms with van der Waals surface area (Å²) in [6, 6.07) is 0. The van der Waals surface area contributed by atoms with Crippen molar-refractivity contribution < 1.29 is 0 Å². The van der Waals surface area contributed by atoms with Crippen LogP contribution in [-0.2, 0) is 5.41 Å². The standard InChI is InChI=1S/C8H16N6/c1-8(2-4-11-5-3-8)6-12-13-7(9)14(6)10/h11H,2-5,10H2,1H3,(H2,9,13). The minimum Gasteiger partial charge on any atom is -0.366 e. The van der Waals surface area contributed by atoms with E-state index in [9.17, 15) is 0 Å². The number of nitrogens with two attached hydrogens (primary N) is 2. The molecule has 0 atom stereocenters. The number of hydrogen-bond acceptors (Lipinski definition) is 5. The fraction of sp³-hybridized carbons (Fsp3) is 0.750. The molecule has 1 aromatic rings. The first-order valence-electron chi connectivity index (χ1n) is 4.81. The van der Waals surface area contributed by atoms with E-state index in [0.717, 1.165) is 31.8 Å². The molecule has 1 aromatic heterocycles. The first-order chi connectivity index (χ1) is 6.63. The Morgan fingerprint density at radius 1 is 1.36 bits per heavy atom. The SMILES string of the molecule is CC1(c2nnc(N)n2N)CCNCC1. The Balaban J connectivity index is 2.32. The van der Waals surface area contributed by atoms with Gasteiger partial charge >= 0.3 is 0 Å². The van der Waals surface area contributed by atoms with Crippen LogP contribution in [0.25, 0.3) is 0 Å². The van der Waals surface area contributed by atoms with Gasteiger partial charge in [-0.3, -0.25) is 0 Å². The van der Waals surface area contributed by atoms with Crippen molar-refractivity contribution in [2.45, 2.75) is 25.2 Å². The van der Waals surface area contributed by atoms with Crippen LogP contribution in [0, 0.1) is 0 Å². The number of nitrogens with one attached hydrogen (secondary N) is 1. The van der Waals surface area contributed by atoms with Gasteiger partial charge in [0.2, 0.25) is 5.95 Å². The van der Waals surface area contributed by atoms with Gasteiger partial charge in [-0.15, -0.1) is 10.2 Å². The minimum atomic E-state index is 0.00458. The molecule has 0 aliphatic carbocycles. The zero-order valence-corrected chi connectivity index (χ0v) is 8.32. The number of aromatic nitrogens is 3. The highest BCUT2D eigenvalue weighted by Crippen LogP contribution is 2.31. The normalized spacial score (nSPS) is 20.9. The van der Waals surface area contributed by atoms with Crippen molar-refractivity contribution >= 4 is 5.95 Å². The molecule has 2 heterocycles. The van der Waals surface area contributed by atoms with E-state index in [1.165, 1.54) is 4.68 Å². The molecular formula is C8H16N6. The molecule has 0 bridgehead atoms. The van der Waals surface area contributed by atoms with Crippen molar-refractivity contribution in [2.75, 3.05) is 24.7 Å². The molecule has 0 amide bonds. The van der Waals surface area contributed by atoms with E-state index in [-0.39, 0.29) is 11.4 Å². The summed E-state index contributed by atoms with van der Waals surface area (Å²) in [5, 5.41) is 11.1. The smallest absolute Gasteiger partial charge is 0.240 e. The van der Waals surface area contributed by atoms with Gasteiger partial charge in [-0.25, -0.2) is 4.68 Å². The van der Waals surface area contributed by atoms with Gasteiger partial charge in [-0.2, -0.15) is 0 Å². The van der Waals surface area contributed by atoms with E-state index >= 15 is 0 Å². The Labute approximate surface area is 82.6 Å². The average Bonchev–Trinajstić information content (AvgIpc) is 2.49. The summed E-state index contributed by atoms with van der Waals surface area (Å²) in [7, 11) is 0. The van der Waals surface area contributed by atoms with Crippen LogP contribution in [0.2, 0.25) is 0 Å². The van der Waals surface area contributed by atoms with Crippen LogP contribution in [-0.4, -0.2) is 28.0 Å². The van der Waals surface area contributed by atoms with Crippen LogP contribution >= 0.6 is 0 Å². The molecule has 0 saturated carbocycles. The highest BCUT2D eigenvalue weighted by molar-refractivity contribution is 5.22. The molecule has 1 saturated heterocycles. The summed E-state index contributed by atoms with van der Waals surface area (Å²) in [5.74, 6) is 6.83. The molecule has 1 aliphatic rings. The van der Waals surface area contributed by atoms with Crippen molar-refractivity contribution in [1.29, 1.82) is 0 Å². The Kier molecular flexibility index (Phi) is 2.07. The molecule has 14 heavy (non-hydrogen) atoms. The first-order valence-corrected chi connectivity index (χ1v) is 4.81. The summed E-state index contributed by atoms with van der Waals surface area (Å²) in [6.45, 7) is 4.13. The Morgan fingerprint density at radius 2 is 2.00 bits per heavy atom. The third-order valence-corrected chi connectivity index (χ3v) is 2.97. The van der Waals surface area contributed by atoms with Gasteiger partial charge in [0.25, 0.3) is 0 Å². The lowest BCUT2D eigenvalue weighted by Gasteiger charge is -2.32. The van der Waals surface area contributed by atoms with E-state index in [1.807, 2.05) is 0 Å². The van der Waals surface area contributed by atoms with Gasteiger partial charge in [0.15, 0.2) is 5.82 Å². The van der Waals surface area contributed by atoms with E-state index in [0.29, 0.717) is 0 Å². The maximum absolute atomic E-state index is 5.76. The molecule has 0 radical (unpaired) electrons. The van der Waals surface area contributed by atoms with Gasteiger partial charge in [-0.05, 0) is 25.9 Å². The number of nitrogen functional groups attached to an aromatic ring is 2. The molecule has 2 rings (SSSR count). The Hall–Kier alpha value is -1.30. The van der Waals surface area contributed by atoms with Crippen molar-refractivity contribution in [2.24, 2.45) is 0 Å². The van der Waals surface area contributed by atoms with Gasteiger partial charge in [0.05, 0.1) is 0 Å². The second kappa shape index (κ2) is 3.13. The van der Waals surface area contributed by atoms with Crippen LogP contribution in [0.3, 0.4) is 0 Å². The molecule has 0 unspecified atom stereocenters. The molecule has 1 aliphatic heterocycles. The van der Waals surface area contributed by atoms with E-state index < -0.39 is 0 Å². The van der Waals surface area contributed by atoms with Crippen molar-refractivity contribution in [1.82, 2.24) is 20.2 Å². The molecule has 78 valence electrons. The second-order valence-corrected chi connectivity index (χ2v) is 4.06. The fourth-order valence-corrected chi connectivity index (χ4v) is 1.92. The Morgan fingerprint density at radius 3 is 2.50 bits per heavy atom. The zero-order chi connectivity index (χ0) is 10.2. The maximum atomic E-state index is 5.76. The Bertz CT molecular complexity index is 325. The topological polar surface area (TPSA) is 94.8 Å². The van der Waals surface area contributed by atoms with Crippen LogP contribution in [0.4, 0.5) is 5.95 Å². The van der Waals surface area contributed by atoms with Crippen molar-refractivity contribution in [3.63, 3.8) is 0 Å². The van der Waals surface area contributed by atoms with Gasteiger partial charge in [-0.1, -0.05) is 6.92 Å². The van der Waals surface area contributed by atoms with Crippen molar-refractivity contribution in [3.05, 3.63) is 5.82 Å². The van der Waals surface area contributed by atoms with Crippen LogP contribution in [0.5, 0.6) is 0 Å². The predicted molar refractivity (Wildman–Crippen MR) is 54.0 cm³/mol. The first kappa shape index (κ1) is 9.26. The molecule has 5 N–H and O–H groups in total. The minimum absolute atomic E-state index is 0.00458. The third kappa shape index (κ3) is 1.31. The largest absolute Gasteiger partial charge is 0.366 e. The number of piperidine rings is 1. The summed E-state index contributed by atoms with van der Waals surface area (Å²) in [4.78, 5) is 0. The van der Waals surface area contributed by atoms with Crippen LogP contribution in [0.15, 0.2) is 0 Å². The lowest BCUT2D eigenvalue weighted by atomic mass is 9.80. The monoisotopic (exact) mass is 196 g/mol. The molecule has 0 aromatic carbocycles. The summed E-state index contributed by atoms with van der Waals surface area (Å²) in [5.41, 5.74) is 5.56. The van der Waals surface area contributed by atoms with E-state index in [4.69, 9.17) is 11.6 Å². The van der Waals surface area contributed by atoms with E-state index in [1.54, 1.807) is 0 Å². The summed E-state index contributed by atoms with van der Waals surface area (Å²) < 4.78 is 1.39. The molecular weight excluding hydrogens is 180 g/mol. The number of nitrogens with zero attached hydrogens (tertiary/aromatic N) is 3. The lowest BCUT2D eigenvalue weighted by molar-refractivity contribution is 0.313. The van der Waals surface area contributed by atoms with Crippen molar-refractivity contribution in [3.8, 4) is 0 Å². The predicted octanol–water partition coefficient (Wildman–Crippen LogP) is -0.785. The average molecular weight is 196 g/mol. The quantitative estimate of drug-likeness (QED) is 0.512. The molecule has 1 fully saturated rings. The second-order valence-electron chi connectivity index (χ2n) is 4.06.